The van der Waals surface area contributed by atoms with Crippen LogP contribution in [0.2, 0.25) is 10.0 Å². The third-order valence-corrected chi connectivity index (χ3v) is 3.74. The molecule has 6 heteroatoms. The van der Waals surface area contributed by atoms with Crippen LogP contribution in [0, 0.1) is 0 Å². The van der Waals surface area contributed by atoms with E-state index in [1.807, 2.05) is 24.3 Å². The van der Waals surface area contributed by atoms with Crippen molar-refractivity contribution in [2.45, 2.75) is 32.9 Å². The normalized spacial score (nSPS) is 10.7. The number of carboxylic acids is 1. The minimum atomic E-state index is -0.940. The quantitative estimate of drug-likeness (QED) is 0.721. The van der Waals surface area contributed by atoms with E-state index in [9.17, 15) is 4.79 Å². The molecule has 2 N–H and O–H groups in total. The van der Waals surface area contributed by atoms with Gasteiger partial charge in [0, 0.05) is 11.7 Å². The molecule has 0 bridgehead atoms. The molecule has 2 aromatic rings. The van der Waals surface area contributed by atoms with Crippen LogP contribution < -0.4 is 10.1 Å². The standard InChI is InChI=1S/C18H19Cl2NO3/c1-11(2)21-14-5-3-4-12(6-14)10-24-18-15(19)7-13(8-16(18)20)9-17(22)23/h3-8,11,21H,9-10H2,1-2H3,(H,22,23). The zero-order chi connectivity index (χ0) is 17.7. The van der Waals surface area contributed by atoms with Crippen LogP contribution in [0.25, 0.3) is 0 Å². The summed E-state index contributed by atoms with van der Waals surface area (Å²) in [5.41, 5.74) is 2.52. The first-order valence-corrected chi connectivity index (χ1v) is 8.28. The smallest absolute Gasteiger partial charge is 0.307 e. The number of rotatable bonds is 7. The number of carbonyl (C=O) groups is 1. The van der Waals surface area contributed by atoms with Crippen LogP contribution in [-0.2, 0) is 17.8 Å². The second-order valence-corrected chi connectivity index (χ2v) is 6.56. The summed E-state index contributed by atoms with van der Waals surface area (Å²) >= 11 is 12.3. The fourth-order valence-electron chi connectivity index (χ4n) is 2.27. The SMILES string of the molecule is CC(C)Nc1cccc(COc2c(Cl)cc(CC(=O)O)cc2Cl)c1. The maximum Gasteiger partial charge on any atom is 0.307 e. The van der Waals surface area contributed by atoms with Gasteiger partial charge in [0.05, 0.1) is 16.5 Å². The number of hydrogen-bond donors (Lipinski definition) is 2. The topological polar surface area (TPSA) is 58.6 Å². The molecule has 0 fully saturated rings. The Kier molecular flexibility index (Phi) is 6.35. The highest BCUT2D eigenvalue weighted by molar-refractivity contribution is 6.37. The number of ether oxygens (including phenoxy) is 1. The Balaban J connectivity index is 2.10. The molecule has 0 heterocycles. The number of halogens is 2. The van der Waals surface area contributed by atoms with Crippen molar-refractivity contribution in [3.63, 3.8) is 0 Å². The molecule has 0 aromatic heterocycles. The number of aliphatic carboxylic acids is 1. The van der Waals surface area contributed by atoms with Gasteiger partial charge in [-0.1, -0.05) is 35.3 Å². The van der Waals surface area contributed by atoms with Gasteiger partial charge < -0.3 is 15.2 Å². The molecular weight excluding hydrogens is 349 g/mol. The Morgan fingerprint density at radius 2 is 1.83 bits per heavy atom. The Hall–Kier alpha value is -1.91. The molecule has 128 valence electrons. The van der Waals surface area contributed by atoms with Gasteiger partial charge in [0.1, 0.15) is 6.61 Å². The molecule has 0 amide bonds. The first-order valence-electron chi connectivity index (χ1n) is 7.53. The first kappa shape index (κ1) is 18.4. The summed E-state index contributed by atoms with van der Waals surface area (Å²) in [6.07, 6.45) is -0.136. The molecule has 0 aliphatic carbocycles. The molecule has 0 saturated carbocycles. The van der Waals surface area contributed by atoms with Crippen molar-refractivity contribution in [1.82, 2.24) is 0 Å². The maximum atomic E-state index is 10.8. The predicted octanol–water partition coefficient (Wildman–Crippen LogP) is 5.02. The average Bonchev–Trinajstić information content (AvgIpc) is 2.45. The highest BCUT2D eigenvalue weighted by Crippen LogP contribution is 2.35. The number of hydrogen-bond acceptors (Lipinski definition) is 3. The van der Waals surface area contributed by atoms with Gasteiger partial charge >= 0.3 is 5.97 Å². The number of nitrogens with one attached hydrogen (secondary N) is 1. The fraction of sp³-hybridized carbons (Fsp3) is 0.278. The lowest BCUT2D eigenvalue weighted by Crippen LogP contribution is -2.09. The van der Waals surface area contributed by atoms with Crippen molar-refractivity contribution >= 4 is 34.9 Å². The lowest BCUT2D eigenvalue weighted by atomic mass is 10.1. The van der Waals surface area contributed by atoms with E-state index < -0.39 is 5.97 Å². The summed E-state index contributed by atoms with van der Waals surface area (Å²) in [5, 5.41) is 12.8. The van der Waals surface area contributed by atoms with E-state index in [-0.39, 0.29) is 6.42 Å². The zero-order valence-corrected chi connectivity index (χ0v) is 15.0. The van der Waals surface area contributed by atoms with Crippen molar-refractivity contribution in [1.29, 1.82) is 0 Å². The van der Waals surface area contributed by atoms with Crippen molar-refractivity contribution in [3.8, 4) is 5.75 Å². The van der Waals surface area contributed by atoms with Crippen LogP contribution in [0.5, 0.6) is 5.75 Å². The monoisotopic (exact) mass is 367 g/mol. The minimum Gasteiger partial charge on any atom is -0.486 e. The van der Waals surface area contributed by atoms with Gasteiger partial charge in [-0.05, 0) is 49.2 Å². The zero-order valence-electron chi connectivity index (χ0n) is 13.5. The second kappa shape index (κ2) is 8.27. The number of carboxylic acid groups (broad SMARTS) is 1. The van der Waals surface area contributed by atoms with Gasteiger partial charge in [0.25, 0.3) is 0 Å². The molecule has 0 saturated heterocycles. The van der Waals surface area contributed by atoms with Crippen LogP contribution in [0.15, 0.2) is 36.4 Å². The van der Waals surface area contributed by atoms with Crippen molar-refractivity contribution in [2.24, 2.45) is 0 Å². The molecule has 24 heavy (non-hydrogen) atoms. The molecule has 2 rings (SSSR count). The van der Waals surface area contributed by atoms with Crippen molar-refractivity contribution in [3.05, 3.63) is 57.6 Å². The molecule has 0 aliphatic heterocycles. The van der Waals surface area contributed by atoms with Gasteiger partial charge in [-0.2, -0.15) is 0 Å². The summed E-state index contributed by atoms with van der Waals surface area (Å²) in [4.78, 5) is 10.8. The number of benzene rings is 2. The lowest BCUT2D eigenvalue weighted by Gasteiger charge is -2.13. The molecule has 0 atom stereocenters. The molecule has 0 radical (unpaired) electrons. The first-order chi connectivity index (χ1) is 11.3. The van der Waals surface area contributed by atoms with Crippen LogP contribution in [-0.4, -0.2) is 17.1 Å². The van der Waals surface area contributed by atoms with Crippen LogP contribution in [0.4, 0.5) is 5.69 Å². The van der Waals surface area contributed by atoms with E-state index in [0.717, 1.165) is 11.3 Å². The van der Waals surface area contributed by atoms with Crippen molar-refractivity contribution < 1.29 is 14.6 Å². The average molecular weight is 368 g/mol. The Bertz CT molecular complexity index is 709. The van der Waals surface area contributed by atoms with E-state index in [2.05, 4.69) is 19.2 Å². The molecule has 0 aliphatic rings. The van der Waals surface area contributed by atoms with Gasteiger partial charge in [0.2, 0.25) is 0 Å². The third kappa shape index (κ3) is 5.32. The second-order valence-electron chi connectivity index (χ2n) is 5.75. The summed E-state index contributed by atoms with van der Waals surface area (Å²) in [7, 11) is 0. The van der Waals surface area contributed by atoms with Crippen LogP contribution in [0.1, 0.15) is 25.0 Å². The Morgan fingerprint density at radius 3 is 2.42 bits per heavy atom. The highest BCUT2D eigenvalue weighted by Gasteiger charge is 2.12. The molecular formula is C18H19Cl2NO3. The fourth-order valence-corrected chi connectivity index (χ4v) is 2.91. The summed E-state index contributed by atoms with van der Waals surface area (Å²) in [6.45, 7) is 4.45. The summed E-state index contributed by atoms with van der Waals surface area (Å²) < 4.78 is 5.73. The third-order valence-electron chi connectivity index (χ3n) is 3.18. The Morgan fingerprint density at radius 1 is 1.17 bits per heavy atom. The van der Waals surface area contributed by atoms with E-state index >= 15 is 0 Å². The minimum absolute atomic E-state index is 0.136. The van der Waals surface area contributed by atoms with Crippen LogP contribution in [0.3, 0.4) is 0 Å². The molecule has 4 nitrogen and oxygen atoms in total. The van der Waals surface area contributed by atoms with Gasteiger partial charge in [0.15, 0.2) is 5.75 Å². The largest absolute Gasteiger partial charge is 0.486 e. The predicted molar refractivity (Wildman–Crippen MR) is 97.3 cm³/mol. The van der Waals surface area contributed by atoms with Gasteiger partial charge in [-0.15, -0.1) is 0 Å². The Labute approximate surface area is 151 Å². The summed E-state index contributed by atoms with van der Waals surface area (Å²) in [5.74, 6) is -0.583. The summed E-state index contributed by atoms with van der Waals surface area (Å²) in [6, 6.07) is 11.4. The van der Waals surface area contributed by atoms with Gasteiger partial charge in [-0.25, -0.2) is 0 Å². The molecule has 0 unspecified atom stereocenters. The van der Waals surface area contributed by atoms with Crippen LogP contribution >= 0.6 is 23.2 Å². The van der Waals surface area contributed by atoms with E-state index in [0.29, 0.717) is 34.0 Å². The van der Waals surface area contributed by atoms with Crippen molar-refractivity contribution in [2.75, 3.05) is 5.32 Å². The molecule has 0 spiro atoms. The van der Waals surface area contributed by atoms with Gasteiger partial charge in [-0.3, -0.25) is 4.79 Å². The van der Waals surface area contributed by atoms with E-state index in [1.165, 1.54) is 0 Å². The highest BCUT2D eigenvalue weighted by atomic mass is 35.5. The number of anilines is 1. The lowest BCUT2D eigenvalue weighted by molar-refractivity contribution is -0.136. The van der Waals surface area contributed by atoms with E-state index in [4.69, 9.17) is 33.0 Å². The molecule has 2 aromatic carbocycles. The maximum absolute atomic E-state index is 10.8. The van der Waals surface area contributed by atoms with E-state index in [1.54, 1.807) is 12.1 Å².